The Morgan fingerprint density at radius 1 is 1.37 bits per heavy atom. The van der Waals surface area contributed by atoms with Crippen molar-refractivity contribution in [2.24, 2.45) is 11.8 Å². The van der Waals surface area contributed by atoms with Gasteiger partial charge in [-0.1, -0.05) is 13.8 Å². The van der Waals surface area contributed by atoms with Crippen molar-refractivity contribution in [2.45, 2.75) is 32.5 Å². The van der Waals surface area contributed by atoms with Crippen molar-refractivity contribution >= 4 is 11.9 Å². The van der Waals surface area contributed by atoms with Crippen molar-refractivity contribution in [1.82, 2.24) is 15.5 Å². The number of urea groups is 1. The van der Waals surface area contributed by atoms with Crippen molar-refractivity contribution in [3.8, 4) is 0 Å². The number of morpholine rings is 1. The second-order valence-corrected chi connectivity index (χ2v) is 5.74. The Hall–Kier alpha value is -1.30. The molecule has 2 aliphatic rings. The zero-order valence-electron chi connectivity index (χ0n) is 11.8. The largest absolute Gasteiger partial charge is 0.370 e. The van der Waals surface area contributed by atoms with E-state index in [0.29, 0.717) is 32.0 Å². The predicted octanol–water partition coefficient (Wildman–Crippen LogP) is 0.187. The first-order valence-corrected chi connectivity index (χ1v) is 6.91. The van der Waals surface area contributed by atoms with Gasteiger partial charge < -0.3 is 20.3 Å². The number of ether oxygens (including phenoxy) is 1. The van der Waals surface area contributed by atoms with E-state index in [4.69, 9.17) is 4.74 Å². The first-order chi connectivity index (χ1) is 9.01. The molecule has 0 radical (unpaired) electrons. The van der Waals surface area contributed by atoms with Crippen LogP contribution in [0.4, 0.5) is 4.79 Å². The van der Waals surface area contributed by atoms with Crippen LogP contribution in [-0.2, 0) is 9.53 Å². The zero-order chi connectivity index (χ0) is 14.0. The lowest BCUT2D eigenvalue weighted by Gasteiger charge is -2.32. The highest BCUT2D eigenvalue weighted by atomic mass is 16.5. The van der Waals surface area contributed by atoms with Gasteiger partial charge in [-0.05, 0) is 12.3 Å². The van der Waals surface area contributed by atoms with Crippen molar-refractivity contribution in [2.75, 3.05) is 26.7 Å². The Kier molecular flexibility index (Phi) is 4.29. The van der Waals surface area contributed by atoms with Gasteiger partial charge in [0.15, 0.2) is 0 Å². The Morgan fingerprint density at radius 2 is 2.11 bits per heavy atom. The van der Waals surface area contributed by atoms with Gasteiger partial charge in [-0.25, -0.2) is 4.79 Å². The molecule has 2 heterocycles. The molecule has 2 aliphatic heterocycles. The SMILES string of the molecule is CNC(=O)N1C[C@H]2C[C@H](C(=O)NCC(C)C)[C@@H](C1)O2. The number of carbonyl (C=O) groups excluding carboxylic acids is 2. The molecule has 2 bridgehead atoms. The van der Waals surface area contributed by atoms with E-state index in [1.54, 1.807) is 11.9 Å². The monoisotopic (exact) mass is 269 g/mol. The molecule has 2 rings (SSSR count). The van der Waals surface area contributed by atoms with Crippen LogP contribution in [0, 0.1) is 11.8 Å². The van der Waals surface area contributed by atoms with Gasteiger partial charge >= 0.3 is 6.03 Å². The molecule has 0 saturated carbocycles. The minimum Gasteiger partial charge on any atom is -0.370 e. The molecule has 0 aromatic carbocycles. The van der Waals surface area contributed by atoms with Crippen LogP contribution < -0.4 is 10.6 Å². The van der Waals surface area contributed by atoms with Gasteiger partial charge in [0.05, 0.1) is 18.1 Å². The molecule has 0 spiro atoms. The Balaban J connectivity index is 1.92. The Labute approximate surface area is 113 Å². The van der Waals surface area contributed by atoms with Crippen molar-refractivity contribution < 1.29 is 14.3 Å². The number of nitrogens with one attached hydrogen (secondary N) is 2. The molecule has 0 aliphatic carbocycles. The van der Waals surface area contributed by atoms with Gasteiger partial charge in [0.2, 0.25) is 5.91 Å². The third kappa shape index (κ3) is 3.18. The lowest BCUT2D eigenvalue weighted by Crippen LogP contribution is -2.50. The Bertz CT molecular complexity index is 359. The molecule has 108 valence electrons. The number of nitrogens with zero attached hydrogens (tertiary/aromatic N) is 1. The van der Waals surface area contributed by atoms with E-state index < -0.39 is 0 Å². The lowest BCUT2D eigenvalue weighted by molar-refractivity contribution is -0.127. The van der Waals surface area contributed by atoms with E-state index in [0.717, 1.165) is 0 Å². The quantitative estimate of drug-likeness (QED) is 0.768. The first-order valence-electron chi connectivity index (χ1n) is 6.91. The number of amides is 3. The average molecular weight is 269 g/mol. The molecular weight excluding hydrogens is 246 g/mol. The van der Waals surface area contributed by atoms with Gasteiger partial charge in [0, 0.05) is 26.7 Å². The van der Waals surface area contributed by atoms with E-state index in [1.807, 2.05) is 0 Å². The van der Waals surface area contributed by atoms with Crippen LogP contribution >= 0.6 is 0 Å². The van der Waals surface area contributed by atoms with Gasteiger partial charge in [-0.3, -0.25) is 4.79 Å². The molecule has 2 fully saturated rings. The van der Waals surface area contributed by atoms with Crippen LogP contribution in [-0.4, -0.2) is 55.7 Å². The second-order valence-electron chi connectivity index (χ2n) is 5.74. The van der Waals surface area contributed by atoms with Crippen LogP contribution in [0.5, 0.6) is 0 Å². The topological polar surface area (TPSA) is 70.7 Å². The summed E-state index contributed by atoms with van der Waals surface area (Å²) in [6.45, 7) is 5.89. The Morgan fingerprint density at radius 3 is 2.74 bits per heavy atom. The molecule has 3 atom stereocenters. The third-order valence-electron chi connectivity index (χ3n) is 3.68. The van der Waals surface area contributed by atoms with Crippen LogP contribution in [0.25, 0.3) is 0 Å². The zero-order valence-corrected chi connectivity index (χ0v) is 11.8. The highest BCUT2D eigenvalue weighted by molar-refractivity contribution is 5.80. The fourth-order valence-electron chi connectivity index (χ4n) is 2.69. The average Bonchev–Trinajstić information content (AvgIpc) is 2.69. The number of hydrogen-bond donors (Lipinski definition) is 2. The highest BCUT2D eigenvalue weighted by Gasteiger charge is 2.45. The van der Waals surface area contributed by atoms with E-state index in [1.165, 1.54) is 0 Å². The number of carbonyl (C=O) groups is 2. The van der Waals surface area contributed by atoms with Crippen LogP contribution in [0.1, 0.15) is 20.3 Å². The highest BCUT2D eigenvalue weighted by Crippen LogP contribution is 2.32. The molecule has 0 aromatic rings. The van der Waals surface area contributed by atoms with Gasteiger partial charge in [0.1, 0.15) is 0 Å². The van der Waals surface area contributed by atoms with E-state index in [-0.39, 0.29) is 30.1 Å². The molecule has 6 nitrogen and oxygen atoms in total. The summed E-state index contributed by atoms with van der Waals surface area (Å²) in [5.41, 5.74) is 0. The summed E-state index contributed by atoms with van der Waals surface area (Å²) >= 11 is 0. The van der Waals surface area contributed by atoms with Crippen LogP contribution in [0.15, 0.2) is 0 Å². The van der Waals surface area contributed by atoms with E-state index in [9.17, 15) is 9.59 Å². The maximum atomic E-state index is 12.1. The van der Waals surface area contributed by atoms with Crippen molar-refractivity contribution in [3.05, 3.63) is 0 Å². The van der Waals surface area contributed by atoms with E-state index in [2.05, 4.69) is 24.5 Å². The molecule has 6 heteroatoms. The second kappa shape index (κ2) is 5.77. The number of hydrogen-bond acceptors (Lipinski definition) is 3. The predicted molar refractivity (Wildman–Crippen MR) is 70.6 cm³/mol. The maximum Gasteiger partial charge on any atom is 0.317 e. The van der Waals surface area contributed by atoms with Crippen molar-refractivity contribution in [1.29, 1.82) is 0 Å². The molecule has 0 aromatic heterocycles. The van der Waals surface area contributed by atoms with E-state index >= 15 is 0 Å². The molecule has 0 unspecified atom stereocenters. The summed E-state index contributed by atoms with van der Waals surface area (Å²) < 4.78 is 5.78. The maximum absolute atomic E-state index is 12.1. The fourth-order valence-corrected chi connectivity index (χ4v) is 2.69. The standard InChI is InChI=1S/C13H23N3O3/c1-8(2)5-15-12(17)10-4-9-6-16(13(18)14-3)7-11(10)19-9/h8-11H,4-7H2,1-3H3,(H,14,18)(H,15,17)/t9-,10+,11-/m1/s1. The minimum atomic E-state index is -0.164. The fraction of sp³-hybridized carbons (Fsp3) is 0.846. The van der Waals surface area contributed by atoms with Gasteiger partial charge in [-0.15, -0.1) is 0 Å². The first kappa shape index (κ1) is 14.1. The summed E-state index contributed by atoms with van der Waals surface area (Å²) in [7, 11) is 1.62. The van der Waals surface area contributed by atoms with Gasteiger partial charge in [-0.2, -0.15) is 0 Å². The molecule has 2 N–H and O–H groups in total. The summed E-state index contributed by atoms with van der Waals surface area (Å²) in [4.78, 5) is 25.5. The van der Waals surface area contributed by atoms with Gasteiger partial charge in [0.25, 0.3) is 0 Å². The summed E-state index contributed by atoms with van der Waals surface area (Å²) in [5.74, 6) is 0.367. The number of fused-ring (bicyclic) bond motifs is 2. The summed E-state index contributed by atoms with van der Waals surface area (Å²) in [6.07, 6.45) is 0.538. The normalized spacial score (nSPS) is 29.5. The smallest absolute Gasteiger partial charge is 0.317 e. The van der Waals surface area contributed by atoms with Crippen molar-refractivity contribution in [3.63, 3.8) is 0 Å². The molecular formula is C13H23N3O3. The summed E-state index contributed by atoms with van der Waals surface area (Å²) in [5, 5.41) is 5.58. The summed E-state index contributed by atoms with van der Waals surface area (Å²) in [6, 6.07) is -0.0958. The third-order valence-corrected chi connectivity index (χ3v) is 3.68. The number of likely N-dealkylation sites (tertiary alicyclic amines) is 1. The minimum absolute atomic E-state index is 0.00847. The van der Waals surface area contributed by atoms with Crippen LogP contribution in [0.2, 0.25) is 0 Å². The molecule has 2 saturated heterocycles. The van der Waals surface area contributed by atoms with Crippen LogP contribution in [0.3, 0.4) is 0 Å². The molecule has 19 heavy (non-hydrogen) atoms. The number of rotatable bonds is 3. The molecule has 3 amide bonds. The lowest BCUT2D eigenvalue weighted by atomic mass is 9.99.